The Kier molecular flexibility index (Phi) is 6.92. The van der Waals surface area contributed by atoms with Crippen LogP contribution in [0.15, 0.2) is 97.1 Å². The molecule has 0 aliphatic heterocycles. The zero-order valence-corrected chi connectivity index (χ0v) is 18.4. The second kappa shape index (κ2) is 10.6. The Hall–Kier alpha value is -5.26. The largest absolute Gasteiger partial charge is 0.478 e. The Bertz CT molecular complexity index is 1390. The smallest absolute Gasteiger partial charge is 0.335 e. The molecule has 0 aliphatic rings. The summed E-state index contributed by atoms with van der Waals surface area (Å²) in [5, 5.41) is 18.1. The van der Waals surface area contributed by atoms with Gasteiger partial charge in [0, 0.05) is 22.3 Å². The minimum absolute atomic E-state index is 0.199. The Labute approximate surface area is 202 Å². The summed E-state index contributed by atoms with van der Waals surface area (Å²) in [6.45, 7) is 0. The van der Waals surface area contributed by atoms with Gasteiger partial charge in [-0.2, -0.15) is 0 Å². The van der Waals surface area contributed by atoms with Crippen LogP contribution < -0.4 is 4.74 Å². The predicted molar refractivity (Wildman–Crippen MR) is 132 cm³/mol. The summed E-state index contributed by atoms with van der Waals surface area (Å²) in [4.78, 5) is 22.1. The van der Waals surface area contributed by atoms with E-state index < -0.39 is 11.9 Å². The molecule has 0 atom stereocenters. The highest BCUT2D eigenvalue weighted by Gasteiger charge is 2.03. The van der Waals surface area contributed by atoms with Crippen molar-refractivity contribution >= 4 is 11.9 Å². The molecule has 0 saturated carbocycles. The van der Waals surface area contributed by atoms with Crippen molar-refractivity contribution in [1.29, 1.82) is 0 Å². The van der Waals surface area contributed by atoms with Crippen LogP contribution in [0.25, 0.3) is 0 Å². The maximum atomic E-state index is 11.1. The van der Waals surface area contributed by atoms with Gasteiger partial charge in [0.15, 0.2) is 0 Å². The minimum atomic E-state index is -0.985. The Balaban J connectivity index is 1.39. The molecular formula is C30H18O5. The molecular weight excluding hydrogens is 440 g/mol. The van der Waals surface area contributed by atoms with Crippen LogP contribution in [0.5, 0.6) is 11.5 Å². The van der Waals surface area contributed by atoms with Crippen molar-refractivity contribution in [3.63, 3.8) is 0 Å². The van der Waals surface area contributed by atoms with Gasteiger partial charge in [0.05, 0.1) is 11.1 Å². The van der Waals surface area contributed by atoms with Gasteiger partial charge in [-0.05, 0) is 84.9 Å². The van der Waals surface area contributed by atoms with Crippen molar-refractivity contribution in [3.05, 3.63) is 130 Å². The molecule has 0 aromatic heterocycles. The van der Waals surface area contributed by atoms with E-state index in [1.165, 1.54) is 24.3 Å². The first kappa shape index (κ1) is 22.9. The molecule has 0 saturated heterocycles. The van der Waals surface area contributed by atoms with Gasteiger partial charge in [-0.15, -0.1) is 0 Å². The lowest BCUT2D eigenvalue weighted by Gasteiger charge is -2.05. The molecule has 4 rings (SSSR count). The summed E-state index contributed by atoms with van der Waals surface area (Å²) in [6, 6.07) is 27.5. The quantitative estimate of drug-likeness (QED) is 0.385. The maximum absolute atomic E-state index is 11.1. The molecule has 0 heterocycles. The van der Waals surface area contributed by atoms with Crippen LogP contribution in [-0.4, -0.2) is 22.2 Å². The van der Waals surface area contributed by atoms with E-state index >= 15 is 0 Å². The van der Waals surface area contributed by atoms with Crippen molar-refractivity contribution in [2.45, 2.75) is 0 Å². The van der Waals surface area contributed by atoms with Crippen LogP contribution in [0, 0.1) is 23.7 Å². The standard InChI is InChI=1S/C30H18O5/c31-29(32)25-5-1-3-23(19-25)9-7-21-11-15-27(16-12-21)35-28-17-13-22(14-18-28)8-10-24-4-2-6-26(20-24)30(33)34/h1-6,11-20H,(H,31,32)(H,33,34). The second-order valence-corrected chi connectivity index (χ2v) is 7.42. The lowest BCUT2D eigenvalue weighted by atomic mass is 10.1. The number of hydrogen-bond donors (Lipinski definition) is 2. The van der Waals surface area contributed by atoms with E-state index in [9.17, 15) is 9.59 Å². The number of carboxylic acid groups (broad SMARTS) is 2. The fourth-order valence-corrected chi connectivity index (χ4v) is 3.10. The Morgan fingerprint density at radius 2 is 0.886 bits per heavy atom. The summed E-state index contributed by atoms with van der Waals surface area (Å²) >= 11 is 0. The topological polar surface area (TPSA) is 83.8 Å². The summed E-state index contributed by atoms with van der Waals surface area (Å²) in [6.07, 6.45) is 0. The fourth-order valence-electron chi connectivity index (χ4n) is 3.10. The Morgan fingerprint density at radius 1 is 0.514 bits per heavy atom. The van der Waals surface area contributed by atoms with Crippen LogP contribution in [0.3, 0.4) is 0 Å². The van der Waals surface area contributed by atoms with E-state index in [-0.39, 0.29) is 11.1 Å². The van der Waals surface area contributed by atoms with E-state index in [4.69, 9.17) is 14.9 Å². The van der Waals surface area contributed by atoms with Gasteiger partial charge in [0.1, 0.15) is 11.5 Å². The molecule has 0 unspecified atom stereocenters. The number of ether oxygens (including phenoxy) is 1. The summed E-state index contributed by atoms with van der Waals surface area (Å²) in [5.41, 5.74) is 3.20. The zero-order valence-electron chi connectivity index (χ0n) is 18.4. The van der Waals surface area contributed by atoms with Crippen LogP contribution in [0.2, 0.25) is 0 Å². The summed E-state index contributed by atoms with van der Waals surface area (Å²) in [7, 11) is 0. The van der Waals surface area contributed by atoms with E-state index in [1.54, 1.807) is 48.5 Å². The Morgan fingerprint density at radius 3 is 1.26 bits per heavy atom. The number of carboxylic acids is 2. The van der Waals surface area contributed by atoms with Crippen LogP contribution >= 0.6 is 0 Å². The molecule has 168 valence electrons. The van der Waals surface area contributed by atoms with Gasteiger partial charge in [-0.25, -0.2) is 9.59 Å². The van der Waals surface area contributed by atoms with E-state index in [2.05, 4.69) is 23.7 Å². The first-order valence-electron chi connectivity index (χ1n) is 10.5. The highest BCUT2D eigenvalue weighted by molar-refractivity contribution is 5.88. The first-order chi connectivity index (χ1) is 17.0. The molecule has 4 aromatic rings. The molecule has 5 heteroatoms. The van der Waals surface area contributed by atoms with Gasteiger partial charge in [-0.1, -0.05) is 35.8 Å². The van der Waals surface area contributed by atoms with Crippen molar-refractivity contribution in [2.24, 2.45) is 0 Å². The SMILES string of the molecule is O=C(O)c1cccc(C#Cc2ccc(Oc3ccc(C#Cc4cccc(C(=O)O)c4)cc3)cc2)c1. The summed E-state index contributed by atoms with van der Waals surface area (Å²) in [5.74, 6) is 11.3. The third-order valence-electron chi connectivity index (χ3n) is 4.87. The lowest BCUT2D eigenvalue weighted by molar-refractivity contribution is 0.0686. The fraction of sp³-hybridized carbons (Fsp3) is 0. The van der Waals surface area contributed by atoms with E-state index in [0.717, 1.165) is 11.1 Å². The zero-order chi connectivity index (χ0) is 24.6. The molecule has 0 bridgehead atoms. The average Bonchev–Trinajstić information content (AvgIpc) is 2.88. The van der Waals surface area contributed by atoms with Crippen LogP contribution in [0.1, 0.15) is 43.0 Å². The molecule has 5 nitrogen and oxygen atoms in total. The van der Waals surface area contributed by atoms with Gasteiger partial charge >= 0.3 is 11.9 Å². The van der Waals surface area contributed by atoms with Crippen molar-refractivity contribution in [1.82, 2.24) is 0 Å². The van der Waals surface area contributed by atoms with Gasteiger partial charge in [0.25, 0.3) is 0 Å². The van der Waals surface area contributed by atoms with Gasteiger partial charge in [-0.3, -0.25) is 0 Å². The highest BCUT2D eigenvalue weighted by Crippen LogP contribution is 2.22. The molecule has 0 radical (unpaired) electrons. The molecule has 0 spiro atoms. The molecule has 4 aromatic carbocycles. The molecule has 2 N–H and O–H groups in total. The molecule has 0 fully saturated rings. The normalized spacial score (nSPS) is 9.71. The van der Waals surface area contributed by atoms with Crippen LogP contribution in [-0.2, 0) is 0 Å². The highest BCUT2D eigenvalue weighted by atomic mass is 16.5. The van der Waals surface area contributed by atoms with Crippen molar-refractivity contribution in [2.75, 3.05) is 0 Å². The number of benzene rings is 4. The third kappa shape index (κ3) is 6.38. The lowest BCUT2D eigenvalue weighted by Crippen LogP contribution is -1.95. The minimum Gasteiger partial charge on any atom is -0.478 e. The number of rotatable bonds is 4. The predicted octanol–water partition coefficient (Wildman–Crippen LogP) is 5.67. The average molecular weight is 458 g/mol. The van der Waals surface area contributed by atoms with Crippen molar-refractivity contribution in [3.8, 4) is 35.2 Å². The maximum Gasteiger partial charge on any atom is 0.335 e. The van der Waals surface area contributed by atoms with Crippen LogP contribution in [0.4, 0.5) is 0 Å². The molecule has 35 heavy (non-hydrogen) atoms. The monoisotopic (exact) mass is 458 g/mol. The molecule has 0 aliphatic carbocycles. The third-order valence-corrected chi connectivity index (χ3v) is 4.87. The summed E-state index contributed by atoms with van der Waals surface area (Å²) < 4.78 is 5.87. The van der Waals surface area contributed by atoms with E-state index in [1.807, 2.05) is 24.3 Å². The van der Waals surface area contributed by atoms with Gasteiger partial charge in [0.2, 0.25) is 0 Å². The first-order valence-corrected chi connectivity index (χ1v) is 10.5. The number of aromatic carboxylic acids is 2. The number of carbonyl (C=O) groups is 2. The van der Waals surface area contributed by atoms with Crippen molar-refractivity contribution < 1.29 is 24.5 Å². The second-order valence-electron chi connectivity index (χ2n) is 7.42. The molecule has 0 amide bonds. The number of hydrogen-bond acceptors (Lipinski definition) is 3. The van der Waals surface area contributed by atoms with Gasteiger partial charge < -0.3 is 14.9 Å². The van der Waals surface area contributed by atoms with E-state index in [0.29, 0.717) is 22.6 Å².